The van der Waals surface area contributed by atoms with Gasteiger partial charge in [0.05, 0.1) is 26.4 Å². The van der Waals surface area contributed by atoms with E-state index in [0.717, 1.165) is 11.3 Å². The fraction of sp³-hybridized carbons (Fsp3) is 0.379. The monoisotopic (exact) mass is 525 g/mol. The summed E-state index contributed by atoms with van der Waals surface area (Å²) < 4.78 is 21.7. The number of rotatable bonds is 9. The Hall–Kier alpha value is -3.29. The third-order valence-corrected chi connectivity index (χ3v) is 7.15. The minimum absolute atomic E-state index is 0.0365. The molecule has 0 unspecified atom stereocenters. The average Bonchev–Trinajstić information content (AvgIpc) is 2.90. The smallest absolute Gasteiger partial charge is 0.336 e. The van der Waals surface area contributed by atoms with Gasteiger partial charge in [-0.25, -0.2) is 4.79 Å². The summed E-state index contributed by atoms with van der Waals surface area (Å²) in [6, 6.07) is 13.0. The van der Waals surface area contributed by atoms with Crippen molar-refractivity contribution in [1.29, 1.82) is 0 Å². The first-order chi connectivity index (χ1) is 17.9. The van der Waals surface area contributed by atoms with E-state index in [0.29, 0.717) is 65.0 Å². The van der Waals surface area contributed by atoms with Gasteiger partial charge in [0, 0.05) is 40.9 Å². The van der Waals surface area contributed by atoms with Gasteiger partial charge in [0.15, 0.2) is 17.3 Å². The Bertz CT molecular complexity index is 1250. The number of Topliss-reactive ketones (excluding diaryl/α,β-unsaturated/α-hetero) is 1. The summed E-state index contributed by atoms with van der Waals surface area (Å²) in [6.45, 7) is 4.68. The lowest BCUT2D eigenvalue weighted by Gasteiger charge is -2.37. The van der Waals surface area contributed by atoms with Gasteiger partial charge in [0.25, 0.3) is 0 Å². The van der Waals surface area contributed by atoms with Crippen LogP contribution >= 0.6 is 11.6 Å². The van der Waals surface area contributed by atoms with Crippen molar-refractivity contribution in [3.8, 4) is 11.5 Å². The van der Waals surface area contributed by atoms with Crippen LogP contribution in [-0.4, -0.2) is 45.8 Å². The van der Waals surface area contributed by atoms with Gasteiger partial charge >= 0.3 is 5.97 Å². The Labute approximate surface area is 222 Å². The Morgan fingerprint density at radius 3 is 2.51 bits per heavy atom. The Balaban J connectivity index is 1.72. The molecule has 1 aliphatic heterocycles. The van der Waals surface area contributed by atoms with Crippen LogP contribution in [0, 0.1) is 0 Å². The standard InChI is InChI=1S/C29H32ClNO6/c1-5-36-12-13-37-29(33)26-17(2)31-22-14-19(18-10-11-24(34-3)25(16-18)35-4)15-23(32)28(22)27(26)20-8-6-7-9-21(20)30/h6-11,16,19,27,31H,5,12-15H2,1-4H3/t19-,27+/m0/s1. The van der Waals surface area contributed by atoms with Crippen LogP contribution in [0.15, 0.2) is 65.0 Å². The zero-order valence-corrected chi connectivity index (χ0v) is 22.3. The summed E-state index contributed by atoms with van der Waals surface area (Å²) in [5.74, 6) is 0.0444. The number of hydrogen-bond acceptors (Lipinski definition) is 7. The molecule has 0 aromatic heterocycles. The van der Waals surface area contributed by atoms with Crippen LogP contribution < -0.4 is 14.8 Å². The molecule has 2 aliphatic rings. The number of esters is 1. The molecule has 0 amide bonds. The number of hydrogen-bond donors (Lipinski definition) is 1. The molecule has 7 nitrogen and oxygen atoms in total. The van der Waals surface area contributed by atoms with E-state index < -0.39 is 11.9 Å². The lowest BCUT2D eigenvalue weighted by Crippen LogP contribution is -2.36. The van der Waals surface area contributed by atoms with Crippen LogP contribution in [0.1, 0.15) is 49.7 Å². The van der Waals surface area contributed by atoms with Crippen LogP contribution in [0.25, 0.3) is 0 Å². The number of carbonyl (C=O) groups excluding carboxylic acids is 2. The van der Waals surface area contributed by atoms with Gasteiger partial charge in [-0.05, 0) is 55.5 Å². The minimum atomic E-state index is -0.622. The zero-order chi connectivity index (χ0) is 26.5. The van der Waals surface area contributed by atoms with Crippen molar-refractivity contribution in [1.82, 2.24) is 5.32 Å². The summed E-state index contributed by atoms with van der Waals surface area (Å²) in [6.07, 6.45) is 0.893. The Kier molecular flexibility index (Phi) is 8.56. The van der Waals surface area contributed by atoms with Gasteiger partial charge < -0.3 is 24.3 Å². The number of dihydropyridines is 1. The molecular weight excluding hydrogens is 494 g/mol. The Morgan fingerprint density at radius 2 is 1.81 bits per heavy atom. The lowest BCUT2D eigenvalue weighted by atomic mass is 9.71. The maximum absolute atomic E-state index is 13.8. The highest BCUT2D eigenvalue weighted by molar-refractivity contribution is 6.31. The molecule has 4 rings (SSSR count). The van der Waals surface area contributed by atoms with Crippen molar-refractivity contribution in [3.05, 3.63) is 81.2 Å². The number of methoxy groups -OCH3 is 2. The largest absolute Gasteiger partial charge is 0.493 e. The number of halogens is 1. The molecule has 37 heavy (non-hydrogen) atoms. The minimum Gasteiger partial charge on any atom is -0.493 e. The molecule has 1 heterocycles. The maximum atomic E-state index is 13.8. The SMILES string of the molecule is CCOCCOC(=O)C1=C(C)NC2=C(C(=O)C[C@@H](c3ccc(OC)c(OC)c3)C2)[C@@H]1c1ccccc1Cl. The number of ether oxygens (including phenoxy) is 4. The number of benzene rings is 2. The molecule has 0 saturated heterocycles. The van der Waals surface area contributed by atoms with Crippen molar-refractivity contribution >= 4 is 23.4 Å². The third kappa shape index (κ3) is 5.53. The molecule has 0 spiro atoms. The first kappa shape index (κ1) is 26.8. The van der Waals surface area contributed by atoms with E-state index in [4.69, 9.17) is 30.5 Å². The summed E-state index contributed by atoms with van der Waals surface area (Å²) >= 11 is 6.61. The lowest BCUT2D eigenvalue weighted by molar-refractivity contribution is -0.140. The van der Waals surface area contributed by atoms with Gasteiger partial charge in [0.2, 0.25) is 0 Å². The van der Waals surface area contributed by atoms with E-state index in [9.17, 15) is 9.59 Å². The van der Waals surface area contributed by atoms with E-state index in [-0.39, 0.29) is 18.3 Å². The molecule has 8 heteroatoms. The fourth-order valence-corrected chi connectivity index (χ4v) is 5.33. The second kappa shape index (κ2) is 11.8. The summed E-state index contributed by atoms with van der Waals surface area (Å²) in [5, 5.41) is 3.85. The van der Waals surface area contributed by atoms with Crippen LogP contribution in [0.4, 0.5) is 0 Å². The van der Waals surface area contributed by atoms with Crippen LogP contribution in [0.5, 0.6) is 11.5 Å². The van der Waals surface area contributed by atoms with Gasteiger partial charge in [-0.1, -0.05) is 35.9 Å². The second-order valence-corrected chi connectivity index (χ2v) is 9.39. The Morgan fingerprint density at radius 1 is 1.05 bits per heavy atom. The third-order valence-electron chi connectivity index (χ3n) is 6.81. The van der Waals surface area contributed by atoms with Gasteiger partial charge in [-0.2, -0.15) is 0 Å². The highest BCUT2D eigenvalue weighted by Crippen LogP contribution is 2.47. The average molecular weight is 526 g/mol. The highest BCUT2D eigenvalue weighted by atomic mass is 35.5. The summed E-state index contributed by atoms with van der Waals surface area (Å²) in [5.41, 5.74) is 4.08. The number of nitrogens with one attached hydrogen (secondary N) is 1. The molecular formula is C29H32ClNO6. The molecule has 2 aromatic carbocycles. The predicted molar refractivity (Wildman–Crippen MR) is 141 cm³/mol. The highest BCUT2D eigenvalue weighted by Gasteiger charge is 2.42. The topological polar surface area (TPSA) is 83.1 Å². The summed E-state index contributed by atoms with van der Waals surface area (Å²) in [7, 11) is 3.18. The number of allylic oxidation sites excluding steroid dienone is 3. The zero-order valence-electron chi connectivity index (χ0n) is 21.6. The molecule has 1 aliphatic carbocycles. The molecule has 1 N–H and O–H groups in total. The molecule has 196 valence electrons. The first-order valence-electron chi connectivity index (χ1n) is 12.3. The molecule has 2 atom stereocenters. The second-order valence-electron chi connectivity index (χ2n) is 8.99. The molecule has 0 saturated carbocycles. The van der Waals surface area contributed by atoms with E-state index in [1.165, 1.54) is 0 Å². The van der Waals surface area contributed by atoms with Crippen molar-refractivity contribution in [2.24, 2.45) is 0 Å². The normalized spacial score (nSPS) is 19.3. The van der Waals surface area contributed by atoms with Crippen molar-refractivity contribution < 1.29 is 28.5 Å². The fourth-order valence-electron chi connectivity index (χ4n) is 5.09. The van der Waals surface area contributed by atoms with Gasteiger partial charge in [0.1, 0.15) is 6.61 Å². The quantitative estimate of drug-likeness (QED) is 0.351. The molecule has 0 bridgehead atoms. The van der Waals surface area contributed by atoms with Gasteiger partial charge in [-0.3, -0.25) is 4.79 Å². The van der Waals surface area contributed by atoms with Crippen molar-refractivity contribution in [2.45, 2.75) is 38.5 Å². The first-order valence-corrected chi connectivity index (χ1v) is 12.7. The number of ketones is 1. The molecule has 0 fully saturated rings. The van der Waals surface area contributed by atoms with Crippen LogP contribution in [-0.2, 0) is 19.1 Å². The van der Waals surface area contributed by atoms with E-state index in [2.05, 4.69) is 5.32 Å². The van der Waals surface area contributed by atoms with E-state index in [1.54, 1.807) is 20.3 Å². The maximum Gasteiger partial charge on any atom is 0.336 e. The van der Waals surface area contributed by atoms with Crippen LogP contribution in [0.2, 0.25) is 5.02 Å². The van der Waals surface area contributed by atoms with E-state index in [1.807, 2.05) is 50.2 Å². The molecule has 2 aromatic rings. The van der Waals surface area contributed by atoms with Gasteiger partial charge in [-0.15, -0.1) is 0 Å². The van der Waals surface area contributed by atoms with Crippen molar-refractivity contribution in [3.63, 3.8) is 0 Å². The predicted octanol–water partition coefficient (Wildman–Crippen LogP) is 5.30. The van der Waals surface area contributed by atoms with Crippen LogP contribution in [0.3, 0.4) is 0 Å². The van der Waals surface area contributed by atoms with E-state index >= 15 is 0 Å². The molecule has 0 radical (unpaired) electrons. The number of carbonyl (C=O) groups is 2. The summed E-state index contributed by atoms with van der Waals surface area (Å²) in [4.78, 5) is 27.1. The van der Waals surface area contributed by atoms with Crippen molar-refractivity contribution in [2.75, 3.05) is 34.0 Å².